The van der Waals surface area contributed by atoms with Crippen LogP contribution in [0.25, 0.3) is 0 Å². The van der Waals surface area contributed by atoms with Crippen molar-refractivity contribution in [2.24, 2.45) is 7.05 Å². The molecule has 0 spiro atoms. The van der Waals surface area contributed by atoms with Crippen LogP contribution in [-0.2, 0) is 16.5 Å². The van der Waals surface area contributed by atoms with Gasteiger partial charge in [0.2, 0.25) is 0 Å². The van der Waals surface area contributed by atoms with E-state index in [1.165, 1.54) is 6.92 Å². The second-order valence-electron chi connectivity index (χ2n) is 5.79. The van der Waals surface area contributed by atoms with Crippen LogP contribution in [0.15, 0.2) is 0 Å². The third-order valence-electron chi connectivity index (χ3n) is 3.63. The van der Waals surface area contributed by atoms with Crippen molar-refractivity contribution in [2.75, 3.05) is 6.61 Å². The van der Waals surface area contributed by atoms with Crippen LogP contribution < -0.4 is 0 Å². The molecule has 0 bridgehead atoms. The Balaban J connectivity index is 2.36. The number of ether oxygens (including phenoxy) is 2. The Morgan fingerprint density at radius 2 is 2.10 bits per heavy atom. The van der Waals surface area contributed by atoms with Crippen molar-refractivity contribution in [1.82, 2.24) is 9.55 Å². The fraction of sp³-hybridized carbons (Fsp3) is 0.714. The molecule has 1 saturated heterocycles. The van der Waals surface area contributed by atoms with Gasteiger partial charge in [0.05, 0.1) is 18.0 Å². The number of Topliss-reactive ketones (excluding diaryl/α,β-unsaturated/α-hetero) is 1. The van der Waals surface area contributed by atoms with Gasteiger partial charge < -0.3 is 24.3 Å². The zero-order chi connectivity index (χ0) is 15.9. The maximum atomic E-state index is 11.5. The highest BCUT2D eigenvalue weighted by atomic mass is 16.8. The molecule has 3 atom stereocenters. The summed E-state index contributed by atoms with van der Waals surface area (Å²) in [5.41, 5.74) is 1.05. The zero-order valence-electron chi connectivity index (χ0n) is 13.0. The van der Waals surface area contributed by atoms with E-state index in [1.54, 1.807) is 32.4 Å². The van der Waals surface area contributed by atoms with E-state index >= 15 is 0 Å². The predicted molar refractivity (Wildman–Crippen MR) is 73.8 cm³/mol. The Kier molecular flexibility index (Phi) is 4.21. The van der Waals surface area contributed by atoms with Gasteiger partial charge in [-0.05, 0) is 20.8 Å². The van der Waals surface area contributed by atoms with E-state index in [0.717, 1.165) is 0 Å². The molecule has 7 heteroatoms. The molecule has 1 aromatic rings. The highest BCUT2D eigenvalue weighted by Crippen LogP contribution is 2.36. The molecule has 2 N–H and O–H groups in total. The first kappa shape index (κ1) is 16.1. The molecular weight excluding hydrogens is 276 g/mol. The first-order chi connectivity index (χ1) is 9.68. The van der Waals surface area contributed by atoms with Crippen LogP contribution in [0.5, 0.6) is 0 Å². The standard InChI is InChI=1S/C14H22N2O5/c1-7-10(16(5)13(15-7)8(2)18)11(19)12-9(6-17)20-14(3,4)21-12/h9,11-12,17,19H,6H2,1-5H3. The van der Waals surface area contributed by atoms with Crippen molar-refractivity contribution in [3.63, 3.8) is 0 Å². The summed E-state index contributed by atoms with van der Waals surface area (Å²) in [4.78, 5) is 15.7. The summed E-state index contributed by atoms with van der Waals surface area (Å²) in [5, 5.41) is 20.0. The molecule has 118 valence electrons. The summed E-state index contributed by atoms with van der Waals surface area (Å²) < 4.78 is 12.8. The van der Waals surface area contributed by atoms with Gasteiger partial charge in [0.15, 0.2) is 17.4 Å². The average molecular weight is 298 g/mol. The summed E-state index contributed by atoms with van der Waals surface area (Å²) in [7, 11) is 1.67. The smallest absolute Gasteiger partial charge is 0.195 e. The first-order valence-electron chi connectivity index (χ1n) is 6.86. The van der Waals surface area contributed by atoms with E-state index < -0.39 is 24.1 Å². The molecule has 1 fully saturated rings. The predicted octanol–water partition coefficient (Wildman–Crippen LogP) is 0.477. The van der Waals surface area contributed by atoms with Gasteiger partial charge in [0.1, 0.15) is 18.3 Å². The molecule has 0 aromatic carbocycles. The Morgan fingerprint density at radius 1 is 1.48 bits per heavy atom. The lowest BCUT2D eigenvalue weighted by Crippen LogP contribution is -2.33. The van der Waals surface area contributed by atoms with E-state index in [9.17, 15) is 15.0 Å². The summed E-state index contributed by atoms with van der Waals surface area (Å²) in [6, 6.07) is 0. The Hall–Kier alpha value is -1.28. The molecule has 0 aliphatic carbocycles. The molecular formula is C14H22N2O5. The Bertz CT molecular complexity index is 552. The largest absolute Gasteiger partial charge is 0.394 e. The maximum absolute atomic E-state index is 11.5. The zero-order valence-corrected chi connectivity index (χ0v) is 13.0. The average Bonchev–Trinajstić information content (AvgIpc) is 2.85. The lowest BCUT2D eigenvalue weighted by atomic mass is 10.0. The van der Waals surface area contributed by atoms with Gasteiger partial charge in [-0.3, -0.25) is 4.79 Å². The summed E-state index contributed by atoms with van der Waals surface area (Å²) >= 11 is 0. The number of aliphatic hydroxyl groups excluding tert-OH is 2. The van der Waals surface area contributed by atoms with Crippen LogP contribution >= 0.6 is 0 Å². The quantitative estimate of drug-likeness (QED) is 0.785. The van der Waals surface area contributed by atoms with E-state index in [1.807, 2.05) is 0 Å². The van der Waals surface area contributed by atoms with Gasteiger partial charge in [-0.2, -0.15) is 0 Å². The SMILES string of the molecule is CC(=O)c1nc(C)c(C(O)C2OC(C)(C)OC2CO)n1C. The minimum absolute atomic E-state index is 0.179. The van der Waals surface area contributed by atoms with Gasteiger partial charge >= 0.3 is 0 Å². The van der Waals surface area contributed by atoms with Crippen LogP contribution in [-0.4, -0.2) is 50.1 Å². The topological polar surface area (TPSA) is 93.8 Å². The monoisotopic (exact) mass is 298 g/mol. The number of rotatable bonds is 4. The van der Waals surface area contributed by atoms with E-state index in [0.29, 0.717) is 11.4 Å². The van der Waals surface area contributed by atoms with Gasteiger partial charge in [-0.1, -0.05) is 0 Å². The van der Waals surface area contributed by atoms with Crippen LogP contribution in [0.2, 0.25) is 0 Å². The number of ketones is 1. The summed E-state index contributed by atoms with van der Waals surface area (Å²) in [6.07, 6.45) is -2.40. The van der Waals surface area contributed by atoms with Crippen molar-refractivity contribution < 1.29 is 24.5 Å². The fourth-order valence-corrected chi connectivity index (χ4v) is 2.80. The molecule has 7 nitrogen and oxygen atoms in total. The molecule has 21 heavy (non-hydrogen) atoms. The minimum atomic E-state index is -1.05. The van der Waals surface area contributed by atoms with Crippen molar-refractivity contribution in [3.05, 3.63) is 17.2 Å². The van der Waals surface area contributed by atoms with Crippen molar-refractivity contribution in [3.8, 4) is 0 Å². The lowest BCUT2D eigenvalue weighted by molar-refractivity contribution is -0.157. The molecule has 3 unspecified atom stereocenters. The molecule has 0 saturated carbocycles. The number of hydrogen-bond donors (Lipinski definition) is 2. The molecule has 1 aromatic heterocycles. The molecule has 1 aliphatic rings. The lowest BCUT2D eigenvalue weighted by Gasteiger charge is -2.22. The third kappa shape index (κ3) is 2.87. The minimum Gasteiger partial charge on any atom is -0.394 e. The number of hydrogen-bond acceptors (Lipinski definition) is 6. The van der Waals surface area contributed by atoms with Gasteiger partial charge in [-0.15, -0.1) is 0 Å². The van der Waals surface area contributed by atoms with E-state index in [4.69, 9.17) is 9.47 Å². The second kappa shape index (κ2) is 5.49. The molecule has 0 amide bonds. The number of imidazole rings is 1. The van der Waals surface area contributed by atoms with Crippen molar-refractivity contribution in [1.29, 1.82) is 0 Å². The number of carbonyl (C=O) groups is 1. The molecule has 2 heterocycles. The Labute approximate surface area is 123 Å². The molecule has 0 radical (unpaired) electrons. The number of nitrogens with zero attached hydrogens (tertiary/aromatic N) is 2. The second-order valence-corrected chi connectivity index (χ2v) is 5.79. The van der Waals surface area contributed by atoms with Crippen LogP contribution in [0.4, 0.5) is 0 Å². The number of aliphatic hydroxyl groups is 2. The van der Waals surface area contributed by atoms with Crippen LogP contribution in [0.3, 0.4) is 0 Å². The fourth-order valence-electron chi connectivity index (χ4n) is 2.80. The number of aromatic nitrogens is 2. The normalized spacial score (nSPS) is 26.0. The third-order valence-corrected chi connectivity index (χ3v) is 3.63. The molecule has 1 aliphatic heterocycles. The van der Waals surface area contributed by atoms with Crippen molar-refractivity contribution in [2.45, 2.75) is 51.8 Å². The van der Waals surface area contributed by atoms with Crippen LogP contribution in [0, 0.1) is 6.92 Å². The molecule has 2 rings (SSSR count). The van der Waals surface area contributed by atoms with E-state index in [-0.39, 0.29) is 18.2 Å². The number of aryl methyl sites for hydroxylation is 1. The highest BCUT2D eigenvalue weighted by molar-refractivity contribution is 5.90. The first-order valence-corrected chi connectivity index (χ1v) is 6.86. The van der Waals surface area contributed by atoms with Gasteiger partial charge in [0, 0.05) is 14.0 Å². The highest BCUT2D eigenvalue weighted by Gasteiger charge is 2.46. The Morgan fingerprint density at radius 3 is 2.57 bits per heavy atom. The summed E-state index contributed by atoms with van der Waals surface area (Å²) in [6.45, 7) is 6.33. The van der Waals surface area contributed by atoms with Gasteiger partial charge in [0.25, 0.3) is 0 Å². The maximum Gasteiger partial charge on any atom is 0.195 e. The number of carbonyl (C=O) groups excluding carboxylic acids is 1. The van der Waals surface area contributed by atoms with Crippen LogP contribution in [0.1, 0.15) is 48.9 Å². The van der Waals surface area contributed by atoms with E-state index in [2.05, 4.69) is 4.98 Å². The summed E-state index contributed by atoms with van der Waals surface area (Å²) in [5.74, 6) is -0.781. The van der Waals surface area contributed by atoms with Gasteiger partial charge in [-0.25, -0.2) is 4.98 Å². The van der Waals surface area contributed by atoms with Crippen molar-refractivity contribution >= 4 is 5.78 Å².